The highest BCUT2D eigenvalue weighted by atomic mass is 127. The first-order chi connectivity index (χ1) is 4.84. The number of halogens is 1. The molecule has 3 heteroatoms. The van der Waals surface area contributed by atoms with Crippen molar-refractivity contribution in [1.82, 2.24) is 0 Å². The molecule has 0 aliphatic heterocycles. The zero-order valence-corrected chi connectivity index (χ0v) is 9.38. The minimum absolute atomic E-state index is 0.156. The summed E-state index contributed by atoms with van der Waals surface area (Å²) in [4.78, 5) is 10.6. The normalized spacial score (nSPS) is 14.6. The molecule has 11 heavy (non-hydrogen) atoms. The summed E-state index contributed by atoms with van der Waals surface area (Å²) in [6.07, 6.45) is 1.33. The summed E-state index contributed by atoms with van der Waals surface area (Å²) < 4.78 is 0.156. The largest absolute Gasteiger partial charge is 0.389 e. The monoisotopic (exact) mass is 270 g/mol. The minimum Gasteiger partial charge on any atom is -0.389 e. The van der Waals surface area contributed by atoms with Crippen molar-refractivity contribution in [2.45, 2.75) is 43.1 Å². The molecule has 66 valence electrons. The molecule has 0 aromatic rings. The van der Waals surface area contributed by atoms with Crippen LogP contribution in [0.2, 0.25) is 0 Å². The molecule has 0 aliphatic rings. The Balaban J connectivity index is 3.70. The number of hydrogen-bond donors (Lipinski definition) is 1. The van der Waals surface area contributed by atoms with Crippen LogP contribution in [0.15, 0.2) is 0 Å². The first kappa shape index (κ1) is 11.4. The van der Waals surface area contributed by atoms with Gasteiger partial charge in [0.25, 0.3) is 0 Å². The maximum Gasteiger partial charge on any atom is 0.129 e. The topological polar surface area (TPSA) is 37.3 Å². The summed E-state index contributed by atoms with van der Waals surface area (Å²) in [6, 6.07) is 0. The first-order valence-corrected chi connectivity index (χ1v) is 4.94. The number of ketones is 1. The Morgan fingerprint density at radius 2 is 2.09 bits per heavy atom. The van der Waals surface area contributed by atoms with Crippen LogP contribution in [-0.2, 0) is 4.79 Å². The van der Waals surface area contributed by atoms with Gasteiger partial charge in [0, 0.05) is 10.3 Å². The summed E-state index contributed by atoms with van der Waals surface area (Å²) in [5, 5.41) is 9.48. The molecule has 1 unspecified atom stereocenters. The van der Waals surface area contributed by atoms with Gasteiger partial charge in [0.15, 0.2) is 0 Å². The quantitative estimate of drug-likeness (QED) is 0.626. The summed E-state index contributed by atoms with van der Waals surface area (Å²) in [5.41, 5.74) is -0.671. The van der Waals surface area contributed by atoms with E-state index in [1.54, 1.807) is 20.8 Å². The summed E-state index contributed by atoms with van der Waals surface area (Å²) in [6.45, 7) is 5.11. The van der Waals surface area contributed by atoms with Crippen LogP contribution in [0.5, 0.6) is 0 Å². The highest BCUT2D eigenvalue weighted by molar-refractivity contribution is 14.1. The second-order valence-corrected chi connectivity index (χ2v) is 4.87. The number of carbonyl (C=O) groups is 1. The van der Waals surface area contributed by atoms with E-state index in [4.69, 9.17) is 0 Å². The number of carbonyl (C=O) groups excluding carboxylic acids is 1. The summed E-state index contributed by atoms with van der Waals surface area (Å²) in [7, 11) is 0. The fraction of sp³-hybridized carbons (Fsp3) is 0.875. The predicted molar refractivity (Wildman–Crippen MR) is 54.0 cm³/mol. The Kier molecular flexibility index (Phi) is 4.55. The third-order valence-corrected chi connectivity index (χ3v) is 3.66. The molecular formula is C8H15IO2. The average molecular weight is 270 g/mol. The second kappa shape index (κ2) is 4.40. The van der Waals surface area contributed by atoms with E-state index < -0.39 is 5.60 Å². The van der Waals surface area contributed by atoms with Crippen molar-refractivity contribution in [2.24, 2.45) is 0 Å². The Morgan fingerprint density at radius 3 is 2.36 bits per heavy atom. The highest BCUT2D eigenvalue weighted by Gasteiger charge is 2.23. The van der Waals surface area contributed by atoms with E-state index in [1.807, 2.05) is 0 Å². The first-order valence-electron chi connectivity index (χ1n) is 3.70. The third kappa shape index (κ3) is 5.61. The van der Waals surface area contributed by atoms with E-state index >= 15 is 0 Å². The number of alkyl halides is 1. The van der Waals surface area contributed by atoms with Crippen molar-refractivity contribution in [1.29, 1.82) is 0 Å². The van der Waals surface area contributed by atoms with E-state index in [0.717, 1.165) is 6.42 Å². The van der Waals surface area contributed by atoms with Gasteiger partial charge in [-0.05, 0) is 27.2 Å². The van der Waals surface area contributed by atoms with Crippen molar-refractivity contribution < 1.29 is 9.90 Å². The lowest BCUT2D eigenvalue weighted by Gasteiger charge is -2.23. The minimum atomic E-state index is -0.671. The molecule has 0 heterocycles. The van der Waals surface area contributed by atoms with Gasteiger partial charge in [-0.1, -0.05) is 22.6 Å². The molecule has 0 fully saturated rings. The molecule has 0 saturated carbocycles. The fourth-order valence-electron chi connectivity index (χ4n) is 0.683. The van der Waals surface area contributed by atoms with Crippen molar-refractivity contribution in [3.8, 4) is 0 Å². The van der Waals surface area contributed by atoms with Crippen molar-refractivity contribution >= 4 is 28.4 Å². The molecule has 0 aliphatic carbocycles. The third-order valence-electron chi connectivity index (χ3n) is 1.52. The molecule has 0 amide bonds. The molecule has 0 saturated heterocycles. The number of Topliss-reactive ketones (excluding diaryl/α,β-unsaturated/α-hetero) is 1. The highest BCUT2D eigenvalue weighted by Crippen LogP contribution is 2.22. The average Bonchev–Trinajstić information content (AvgIpc) is 1.80. The fourth-order valence-corrected chi connectivity index (χ4v) is 0.995. The van der Waals surface area contributed by atoms with Gasteiger partial charge in [0.2, 0.25) is 0 Å². The van der Waals surface area contributed by atoms with Crippen LogP contribution >= 0.6 is 22.6 Å². The molecular weight excluding hydrogens is 255 g/mol. The van der Waals surface area contributed by atoms with Crippen molar-refractivity contribution in [2.75, 3.05) is 0 Å². The molecule has 0 radical (unpaired) electrons. The Labute approximate surface area is 81.5 Å². The molecule has 1 atom stereocenters. The van der Waals surface area contributed by atoms with Gasteiger partial charge in [-0.15, -0.1) is 0 Å². The molecule has 2 nitrogen and oxygen atoms in total. The van der Waals surface area contributed by atoms with E-state index in [9.17, 15) is 9.90 Å². The van der Waals surface area contributed by atoms with Crippen LogP contribution in [0.25, 0.3) is 0 Å². The van der Waals surface area contributed by atoms with Crippen LogP contribution in [-0.4, -0.2) is 20.4 Å². The van der Waals surface area contributed by atoms with Gasteiger partial charge in [-0.3, -0.25) is 0 Å². The predicted octanol–water partition coefficient (Wildman–Crippen LogP) is 1.93. The van der Waals surface area contributed by atoms with Crippen LogP contribution in [0.4, 0.5) is 0 Å². The van der Waals surface area contributed by atoms with Crippen molar-refractivity contribution in [3.05, 3.63) is 0 Å². The van der Waals surface area contributed by atoms with Gasteiger partial charge in [0.05, 0.1) is 5.60 Å². The number of hydrogen-bond acceptors (Lipinski definition) is 2. The van der Waals surface area contributed by atoms with E-state index in [0.29, 0.717) is 6.42 Å². The van der Waals surface area contributed by atoms with E-state index in [-0.39, 0.29) is 9.71 Å². The van der Waals surface area contributed by atoms with Gasteiger partial charge in [-0.2, -0.15) is 0 Å². The zero-order valence-electron chi connectivity index (χ0n) is 7.22. The Morgan fingerprint density at radius 1 is 1.64 bits per heavy atom. The lowest BCUT2D eigenvalue weighted by molar-refractivity contribution is -0.117. The van der Waals surface area contributed by atoms with Crippen molar-refractivity contribution in [3.63, 3.8) is 0 Å². The maximum absolute atomic E-state index is 10.6. The number of rotatable bonds is 4. The molecule has 0 bridgehead atoms. The van der Waals surface area contributed by atoms with Gasteiger partial charge >= 0.3 is 0 Å². The van der Waals surface area contributed by atoms with Crippen LogP contribution in [0, 0.1) is 0 Å². The molecule has 1 N–H and O–H groups in total. The molecule has 0 rings (SSSR count). The van der Waals surface area contributed by atoms with E-state index in [1.165, 1.54) is 0 Å². The number of aliphatic hydroxyl groups is 1. The molecule has 0 aromatic heterocycles. The Bertz CT molecular complexity index is 138. The summed E-state index contributed by atoms with van der Waals surface area (Å²) in [5.74, 6) is 0.191. The maximum atomic E-state index is 10.6. The lowest BCUT2D eigenvalue weighted by Crippen LogP contribution is -2.31. The smallest absolute Gasteiger partial charge is 0.129 e. The van der Waals surface area contributed by atoms with Gasteiger partial charge in [0.1, 0.15) is 5.78 Å². The van der Waals surface area contributed by atoms with Gasteiger partial charge in [-0.25, -0.2) is 0 Å². The lowest BCUT2D eigenvalue weighted by atomic mass is 10.0. The Hall–Kier alpha value is 0.360. The van der Waals surface area contributed by atoms with Crippen LogP contribution in [0.3, 0.4) is 0 Å². The SMILES string of the molecule is CC(=O)CCC(I)C(C)(C)O. The van der Waals surface area contributed by atoms with E-state index in [2.05, 4.69) is 22.6 Å². The zero-order chi connectivity index (χ0) is 9.07. The van der Waals surface area contributed by atoms with Gasteiger partial charge < -0.3 is 9.90 Å². The second-order valence-electron chi connectivity index (χ2n) is 3.36. The van der Waals surface area contributed by atoms with Crippen LogP contribution in [0.1, 0.15) is 33.6 Å². The summed E-state index contributed by atoms with van der Waals surface area (Å²) >= 11 is 2.18. The standard InChI is InChI=1S/C8H15IO2/c1-6(10)4-5-7(9)8(2,3)11/h7,11H,4-5H2,1-3H3. The van der Waals surface area contributed by atoms with Crippen LogP contribution < -0.4 is 0 Å². The molecule has 0 aromatic carbocycles. The molecule has 0 spiro atoms.